The van der Waals surface area contributed by atoms with Crippen molar-refractivity contribution in [1.29, 1.82) is 0 Å². The van der Waals surface area contributed by atoms with Crippen molar-refractivity contribution in [2.45, 2.75) is 25.7 Å². The summed E-state index contributed by atoms with van der Waals surface area (Å²) in [5.41, 5.74) is 2.24. The zero-order chi connectivity index (χ0) is 9.14. The van der Waals surface area contributed by atoms with Gasteiger partial charge in [-0.3, -0.25) is 0 Å². The van der Waals surface area contributed by atoms with E-state index >= 15 is 0 Å². The van der Waals surface area contributed by atoms with Crippen LogP contribution in [0.25, 0.3) is 0 Å². The number of hydrogen-bond donors (Lipinski definition) is 2. The molecule has 0 bridgehead atoms. The predicted octanol–water partition coefficient (Wildman–Crippen LogP) is 2.66. The van der Waals surface area contributed by atoms with E-state index in [1.165, 1.54) is 21.8 Å². The number of phenols is 1. The minimum atomic E-state index is 0.393. The lowest BCUT2D eigenvalue weighted by atomic mass is 10.1. The lowest BCUT2D eigenvalue weighted by molar-refractivity contribution is 0.469. The van der Waals surface area contributed by atoms with E-state index in [1.54, 1.807) is 6.07 Å². The van der Waals surface area contributed by atoms with Crippen molar-refractivity contribution in [3.8, 4) is 5.75 Å². The van der Waals surface area contributed by atoms with E-state index in [1.807, 2.05) is 19.9 Å². The summed E-state index contributed by atoms with van der Waals surface area (Å²) in [5.74, 6) is 0.393. The van der Waals surface area contributed by atoms with Crippen molar-refractivity contribution in [2.24, 2.45) is 0 Å². The van der Waals surface area contributed by atoms with Crippen LogP contribution in [0, 0.1) is 13.8 Å². The second kappa shape index (κ2) is 3.76. The SMILES string of the molecule is C/C=[SH]\c1c(C)ccc(O)c1C. The summed E-state index contributed by atoms with van der Waals surface area (Å²) in [6.07, 6.45) is 0. The zero-order valence-electron chi connectivity index (χ0n) is 7.63. The Balaban J connectivity index is 3.32. The maximum atomic E-state index is 9.43. The Morgan fingerprint density at radius 1 is 1.33 bits per heavy atom. The first kappa shape index (κ1) is 9.33. The molecule has 0 unspecified atom stereocenters. The highest BCUT2D eigenvalue weighted by Crippen LogP contribution is 2.27. The Morgan fingerprint density at radius 3 is 2.58 bits per heavy atom. The zero-order valence-corrected chi connectivity index (χ0v) is 8.52. The third-order valence-corrected chi connectivity index (χ3v) is 3.07. The minimum absolute atomic E-state index is 0.393. The maximum absolute atomic E-state index is 9.43. The first-order chi connectivity index (χ1) is 5.66. The molecule has 0 fully saturated rings. The molecule has 0 radical (unpaired) electrons. The van der Waals surface area contributed by atoms with Gasteiger partial charge in [0.05, 0.1) is 0 Å². The van der Waals surface area contributed by atoms with Crippen LogP contribution in [0.2, 0.25) is 0 Å². The topological polar surface area (TPSA) is 20.2 Å². The summed E-state index contributed by atoms with van der Waals surface area (Å²) in [7, 11) is 0. The molecule has 1 rings (SSSR count). The smallest absolute Gasteiger partial charge is 0.119 e. The van der Waals surface area contributed by atoms with Crippen molar-refractivity contribution in [1.82, 2.24) is 0 Å². The summed E-state index contributed by atoms with van der Waals surface area (Å²) in [6, 6.07) is 3.70. The maximum Gasteiger partial charge on any atom is 0.119 e. The van der Waals surface area contributed by atoms with Crippen LogP contribution < -0.4 is 0 Å². The molecule has 0 saturated carbocycles. The molecule has 0 saturated heterocycles. The average Bonchev–Trinajstić information content (AvgIpc) is 2.06. The molecule has 0 atom stereocenters. The number of aryl methyl sites for hydroxylation is 1. The second-order valence-corrected chi connectivity index (χ2v) is 3.98. The summed E-state index contributed by atoms with van der Waals surface area (Å²) < 4.78 is 0. The number of thiol groups is 1. The highest BCUT2D eigenvalue weighted by molar-refractivity contribution is 7.97. The Morgan fingerprint density at radius 2 is 2.00 bits per heavy atom. The average molecular weight is 182 g/mol. The molecule has 1 nitrogen and oxygen atoms in total. The van der Waals surface area contributed by atoms with Crippen molar-refractivity contribution < 1.29 is 5.11 Å². The predicted molar refractivity (Wildman–Crippen MR) is 56.6 cm³/mol. The van der Waals surface area contributed by atoms with Crippen molar-refractivity contribution in [3.05, 3.63) is 23.3 Å². The molecule has 0 amide bonds. The van der Waals surface area contributed by atoms with Gasteiger partial charge in [-0.05, 0) is 32.4 Å². The molecule has 1 N–H and O–H groups in total. The quantitative estimate of drug-likeness (QED) is 0.505. The third kappa shape index (κ3) is 1.69. The molecule has 2 heteroatoms. The summed E-state index contributed by atoms with van der Waals surface area (Å²) >= 11 is 1.18. The molecule has 0 heterocycles. The van der Waals surface area contributed by atoms with E-state index in [4.69, 9.17) is 0 Å². The Labute approximate surface area is 77.0 Å². The van der Waals surface area contributed by atoms with Crippen molar-refractivity contribution >= 4 is 16.7 Å². The Kier molecular flexibility index (Phi) is 2.93. The minimum Gasteiger partial charge on any atom is -0.508 e. The van der Waals surface area contributed by atoms with E-state index in [2.05, 4.69) is 12.3 Å². The molecule has 1 aromatic rings. The number of phenolic OH excluding ortho intramolecular Hbond substituents is 1. The van der Waals surface area contributed by atoms with Crippen LogP contribution in [-0.2, 0) is 0 Å². The molecule has 12 heavy (non-hydrogen) atoms. The van der Waals surface area contributed by atoms with Crippen LogP contribution in [-0.4, -0.2) is 10.5 Å². The molecule has 0 aromatic heterocycles. The largest absolute Gasteiger partial charge is 0.508 e. The van der Waals surface area contributed by atoms with Crippen molar-refractivity contribution in [3.63, 3.8) is 0 Å². The standard InChI is InChI=1S/C10H14OS/c1-4-12-10-7(2)5-6-9(11)8(10)3/h4-6,11-12H,1-3H3. The molecule has 0 aliphatic carbocycles. The first-order valence-corrected chi connectivity index (χ1v) is 4.91. The lowest BCUT2D eigenvalue weighted by Gasteiger charge is -2.06. The van der Waals surface area contributed by atoms with Crippen LogP contribution in [0.5, 0.6) is 5.75 Å². The highest BCUT2D eigenvalue weighted by atomic mass is 32.1. The van der Waals surface area contributed by atoms with Gasteiger partial charge in [-0.1, -0.05) is 11.4 Å². The number of rotatable bonds is 1. The van der Waals surface area contributed by atoms with E-state index in [-0.39, 0.29) is 0 Å². The monoisotopic (exact) mass is 182 g/mol. The fourth-order valence-corrected chi connectivity index (χ4v) is 2.00. The van der Waals surface area contributed by atoms with Gasteiger partial charge >= 0.3 is 0 Å². The van der Waals surface area contributed by atoms with E-state index in [0.717, 1.165) is 5.56 Å². The molecular weight excluding hydrogens is 168 g/mol. The summed E-state index contributed by atoms with van der Waals surface area (Å²) in [5, 5.41) is 11.5. The van der Waals surface area contributed by atoms with Crippen LogP contribution in [0.1, 0.15) is 18.1 Å². The first-order valence-electron chi connectivity index (χ1n) is 3.94. The summed E-state index contributed by atoms with van der Waals surface area (Å²) in [4.78, 5) is 1.22. The van der Waals surface area contributed by atoms with Crippen LogP contribution in [0.3, 0.4) is 0 Å². The van der Waals surface area contributed by atoms with E-state index < -0.39 is 0 Å². The number of aromatic hydroxyl groups is 1. The number of hydrogen-bond acceptors (Lipinski definition) is 1. The van der Waals surface area contributed by atoms with Gasteiger partial charge in [0, 0.05) is 10.5 Å². The molecule has 66 valence electrons. The third-order valence-electron chi connectivity index (χ3n) is 1.86. The second-order valence-electron chi connectivity index (χ2n) is 2.76. The van der Waals surface area contributed by atoms with Gasteiger partial charge in [0.15, 0.2) is 0 Å². The normalized spacial score (nSPS) is 11.6. The Hall–Kier alpha value is -0.760. The van der Waals surface area contributed by atoms with Crippen LogP contribution >= 0.6 is 11.4 Å². The molecule has 0 aliphatic heterocycles. The summed E-state index contributed by atoms with van der Waals surface area (Å²) in [6.45, 7) is 6.04. The molecule has 0 aliphatic rings. The van der Waals surface area contributed by atoms with Crippen LogP contribution in [0.15, 0.2) is 17.0 Å². The van der Waals surface area contributed by atoms with Gasteiger partial charge in [0.1, 0.15) is 5.75 Å². The molecule has 1 aromatic carbocycles. The van der Waals surface area contributed by atoms with Gasteiger partial charge in [-0.25, -0.2) is 0 Å². The number of benzene rings is 1. The van der Waals surface area contributed by atoms with Gasteiger partial charge in [-0.15, -0.1) is 0 Å². The fourth-order valence-electron chi connectivity index (χ4n) is 1.15. The molecular formula is C10H14OS. The van der Waals surface area contributed by atoms with Gasteiger partial charge in [0.25, 0.3) is 0 Å². The van der Waals surface area contributed by atoms with E-state index in [0.29, 0.717) is 5.75 Å². The fraction of sp³-hybridized carbons (Fsp3) is 0.300. The van der Waals surface area contributed by atoms with Gasteiger partial charge < -0.3 is 5.11 Å². The van der Waals surface area contributed by atoms with E-state index in [9.17, 15) is 5.11 Å². The highest BCUT2D eigenvalue weighted by Gasteiger charge is 2.02. The van der Waals surface area contributed by atoms with Gasteiger partial charge in [-0.2, -0.15) is 11.4 Å². The Bertz CT molecular complexity index is 316. The van der Waals surface area contributed by atoms with Crippen molar-refractivity contribution in [2.75, 3.05) is 0 Å². The van der Waals surface area contributed by atoms with Gasteiger partial charge in [0.2, 0.25) is 0 Å². The van der Waals surface area contributed by atoms with Crippen LogP contribution in [0.4, 0.5) is 0 Å². The lowest BCUT2D eigenvalue weighted by Crippen LogP contribution is -1.83. The molecule has 0 spiro atoms.